The van der Waals surface area contributed by atoms with Gasteiger partial charge in [0, 0.05) is 23.5 Å². The number of nitrogens with zero attached hydrogens (tertiary/aromatic N) is 2. The molecule has 1 aliphatic heterocycles. The van der Waals surface area contributed by atoms with Crippen LogP contribution in [0.1, 0.15) is 32.8 Å². The molecular formula is C18H25N3O2S2. The van der Waals surface area contributed by atoms with Crippen molar-refractivity contribution in [3.63, 3.8) is 0 Å². The van der Waals surface area contributed by atoms with Gasteiger partial charge in [-0.3, -0.25) is 4.31 Å². The van der Waals surface area contributed by atoms with Crippen molar-refractivity contribution >= 4 is 32.2 Å². The second-order valence-electron chi connectivity index (χ2n) is 7.10. The fourth-order valence-electron chi connectivity index (χ4n) is 3.22. The Bertz CT molecular complexity index is 859. The van der Waals surface area contributed by atoms with Crippen LogP contribution in [0.2, 0.25) is 0 Å². The van der Waals surface area contributed by atoms with Crippen LogP contribution in [0.4, 0.5) is 10.8 Å². The number of hydrogen-bond donors (Lipinski definition) is 1. The van der Waals surface area contributed by atoms with Crippen LogP contribution in [-0.2, 0) is 16.4 Å². The predicted octanol–water partition coefficient (Wildman–Crippen LogP) is 3.98. The first kappa shape index (κ1) is 18.2. The van der Waals surface area contributed by atoms with Crippen molar-refractivity contribution in [1.29, 1.82) is 0 Å². The highest BCUT2D eigenvalue weighted by atomic mass is 32.2. The highest BCUT2D eigenvalue weighted by Crippen LogP contribution is 2.37. The van der Waals surface area contributed by atoms with Crippen molar-refractivity contribution in [2.24, 2.45) is 5.92 Å². The summed E-state index contributed by atoms with van der Waals surface area (Å²) in [5.41, 5.74) is 3.83. The zero-order valence-corrected chi connectivity index (χ0v) is 16.7. The van der Waals surface area contributed by atoms with Crippen molar-refractivity contribution in [2.45, 2.75) is 39.7 Å². The highest BCUT2D eigenvalue weighted by Gasteiger charge is 2.32. The lowest BCUT2D eigenvalue weighted by atomic mass is 10.1. The van der Waals surface area contributed by atoms with Crippen LogP contribution in [0.25, 0.3) is 11.3 Å². The Balaban J connectivity index is 1.80. The molecule has 3 rings (SSSR count). The Morgan fingerprint density at radius 2 is 2.16 bits per heavy atom. The Kier molecular flexibility index (Phi) is 5.06. The molecule has 2 aromatic rings. The van der Waals surface area contributed by atoms with E-state index in [0.29, 0.717) is 5.92 Å². The van der Waals surface area contributed by atoms with E-state index in [1.807, 2.05) is 24.4 Å². The molecule has 0 fully saturated rings. The molecule has 1 aliphatic rings. The molecule has 1 atom stereocenters. The third-order valence-corrected chi connectivity index (χ3v) is 6.46. The van der Waals surface area contributed by atoms with Crippen LogP contribution in [0, 0.1) is 5.92 Å². The molecule has 1 aromatic carbocycles. The third-order valence-electron chi connectivity index (χ3n) is 4.39. The molecule has 0 bridgehead atoms. The molecule has 0 saturated heterocycles. The van der Waals surface area contributed by atoms with Crippen molar-refractivity contribution in [1.82, 2.24) is 4.98 Å². The lowest BCUT2D eigenvalue weighted by molar-refractivity contribution is 0.590. The summed E-state index contributed by atoms with van der Waals surface area (Å²) in [6.45, 7) is 7.29. The Morgan fingerprint density at radius 1 is 1.40 bits per heavy atom. The lowest BCUT2D eigenvalue weighted by Crippen LogP contribution is -2.34. The van der Waals surface area contributed by atoms with Crippen molar-refractivity contribution in [3.8, 4) is 11.3 Å². The molecule has 0 radical (unpaired) electrons. The number of hydrogen-bond acceptors (Lipinski definition) is 5. The Labute approximate surface area is 154 Å². The summed E-state index contributed by atoms with van der Waals surface area (Å²) in [6, 6.07) is 5.90. The van der Waals surface area contributed by atoms with Gasteiger partial charge in [0.25, 0.3) is 0 Å². The van der Waals surface area contributed by atoms with Crippen LogP contribution in [0.15, 0.2) is 23.6 Å². The first-order chi connectivity index (χ1) is 11.8. The van der Waals surface area contributed by atoms with Crippen LogP contribution >= 0.6 is 11.3 Å². The fourth-order valence-corrected chi connectivity index (χ4v) is 5.23. The first-order valence-electron chi connectivity index (χ1n) is 8.58. The summed E-state index contributed by atoms with van der Waals surface area (Å²) >= 11 is 1.61. The van der Waals surface area contributed by atoms with Gasteiger partial charge in [-0.25, -0.2) is 13.4 Å². The molecule has 1 aromatic heterocycles. The van der Waals surface area contributed by atoms with E-state index in [0.717, 1.165) is 47.0 Å². The summed E-state index contributed by atoms with van der Waals surface area (Å²) in [7, 11) is -3.25. The van der Waals surface area contributed by atoms with Crippen molar-refractivity contribution < 1.29 is 8.42 Å². The lowest BCUT2D eigenvalue weighted by Gasteiger charge is -2.21. The number of benzene rings is 1. The molecule has 7 heteroatoms. The monoisotopic (exact) mass is 379 g/mol. The second-order valence-corrected chi connectivity index (χ2v) is 9.82. The summed E-state index contributed by atoms with van der Waals surface area (Å²) in [5.74, 6) is 0.670. The largest absolute Gasteiger partial charge is 0.361 e. The van der Waals surface area contributed by atoms with Gasteiger partial charge in [-0.15, -0.1) is 11.3 Å². The smallest absolute Gasteiger partial charge is 0.232 e. The number of sulfonamides is 1. The maximum atomic E-state index is 12.0. The average molecular weight is 380 g/mol. The number of anilines is 2. The maximum absolute atomic E-state index is 12.0. The molecule has 1 unspecified atom stereocenters. The minimum absolute atomic E-state index is 0.0380. The van der Waals surface area contributed by atoms with Crippen LogP contribution in [-0.4, -0.2) is 32.2 Å². The first-order valence-corrected chi connectivity index (χ1v) is 11.3. The summed E-state index contributed by atoms with van der Waals surface area (Å²) in [4.78, 5) is 4.67. The van der Waals surface area contributed by atoms with E-state index < -0.39 is 10.0 Å². The minimum atomic E-state index is -3.25. The van der Waals surface area contributed by atoms with Gasteiger partial charge in [0.2, 0.25) is 10.0 Å². The molecule has 0 saturated carbocycles. The van der Waals surface area contributed by atoms with Gasteiger partial charge in [0.1, 0.15) is 0 Å². The van der Waals surface area contributed by atoms with Crippen LogP contribution in [0.3, 0.4) is 0 Å². The number of fused-ring (bicyclic) bond motifs is 1. The number of rotatable bonds is 6. The zero-order valence-electron chi connectivity index (χ0n) is 15.1. The standard InChI is InChI=1S/C18H25N3O2S2/c1-12(2)7-8-19-18-20-16(11-24-18)14-5-6-17-15(10-14)9-13(3)21(17)25(4,22)23/h5-6,10-13H,7-9H2,1-4H3,(H,19,20). The molecule has 25 heavy (non-hydrogen) atoms. The van der Waals surface area contributed by atoms with Gasteiger partial charge in [0.15, 0.2) is 5.13 Å². The summed E-state index contributed by atoms with van der Waals surface area (Å²) < 4.78 is 25.6. The van der Waals surface area contributed by atoms with E-state index in [-0.39, 0.29) is 6.04 Å². The normalized spacial score (nSPS) is 17.2. The van der Waals surface area contributed by atoms with E-state index in [4.69, 9.17) is 0 Å². The molecule has 5 nitrogen and oxygen atoms in total. The molecule has 136 valence electrons. The van der Waals surface area contributed by atoms with Gasteiger partial charge in [-0.2, -0.15) is 0 Å². The zero-order chi connectivity index (χ0) is 18.2. The second kappa shape index (κ2) is 6.96. The van der Waals surface area contributed by atoms with Gasteiger partial charge < -0.3 is 5.32 Å². The predicted molar refractivity (Wildman–Crippen MR) is 106 cm³/mol. The third kappa shape index (κ3) is 3.98. The summed E-state index contributed by atoms with van der Waals surface area (Å²) in [5, 5.41) is 6.35. The fraction of sp³-hybridized carbons (Fsp3) is 0.500. The number of nitrogens with one attached hydrogen (secondary N) is 1. The van der Waals surface area contributed by atoms with Gasteiger partial charge in [-0.1, -0.05) is 19.9 Å². The van der Waals surface area contributed by atoms with Crippen molar-refractivity contribution in [2.75, 3.05) is 22.4 Å². The Hall–Kier alpha value is -1.60. The van der Waals surface area contributed by atoms with Crippen LogP contribution < -0.4 is 9.62 Å². The van der Waals surface area contributed by atoms with Crippen LogP contribution in [0.5, 0.6) is 0 Å². The van der Waals surface area contributed by atoms with E-state index in [1.54, 1.807) is 11.3 Å². The quantitative estimate of drug-likeness (QED) is 0.825. The SMILES string of the molecule is CC(C)CCNc1nc(-c2ccc3c(c2)CC(C)N3S(C)(=O)=O)cs1. The average Bonchev–Trinajstić information content (AvgIpc) is 3.08. The molecule has 2 heterocycles. The molecule has 1 N–H and O–H groups in total. The molecular weight excluding hydrogens is 354 g/mol. The molecule has 0 aliphatic carbocycles. The van der Waals surface area contributed by atoms with Gasteiger partial charge in [0.05, 0.1) is 17.6 Å². The van der Waals surface area contributed by atoms with E-state index in [9.17, 15) is 8.42 Å². The Morgan fingerprint density at radius 3 is 2.84 bits per heavy atom. The topological polar surface area (TPSA) is 62.3 Å². The highest BCUT2D eigenvalue weighted by molar-refractivity contribution is 7.92. The molecule has 0 spiro atoms. The number of thiazole rings is 1. The van der Waals surface area contributed by atoms with E-state index in [2.05, 4.69) is 30.2 Å². The van der Waals surface area contributed by atoms with Gasteiger partial charge in [-0.05, 0) is 43.4 Å². The molecule has 0 amide bonds. The number of aromatic nitrogens is 1. The van der Waals surface area contributed by atoms with Gasteiger partial charge >= 0.3 is 0 Å². The van der Waals surface area contributed by atoms with E-state index in [1.165, 1.54) is 10.6 Å². The summed E-state index contributed by atoms with van der Waals surface area (Å²) in [6.07, 6.45) is 3.12. The van der Waals surface area contributed by atoms with E-state index >= 15 is 0 Å². The maximum Gasteiger partial charge on any atom is 0.232 e. The minimum Gasteiger partial charge on any atom is -0.361 e. The van der Waals surface area contributed by atoms with Crippen molar-refractivity contribution in [3.05, 3.63) is 29.1 Å².